The quantitative estimate of drug-likeness (QED) is 0.312. The van der Waals surface area contributed by atoms with Crippen molar-refractivity contribution in [2.45, 2.75) is 103 Å². The van der Waals surface area contributed by atoms with Gasteiger partial charge >= 0.3 is 0 Å². The summed E-state index contributed by atoms with van der Waals surface area (Å²) in [6, 6.07) is 12.4. The van der Waals surface area contributed by atoms with Crippen molar-refractivity contribution in [2.75, 3.05) is 0 Å². The molecule has 0 spiro atoms. The number of rotatable bonds is 15. The van der Waals surface area contributed by atoms with Crippen molar-refractivity contribution in [3.63, 3.8) is 0 Å². The molecule has 0 radical (unpaired) electrons. The van der Waals surface area contributed by atoms with Crippen LogP contribution in [0.3, 0.4) is 0 Å². The fourth-order valence-electron chi connectivity index (χ4n) is 3.96. The van der Waals surface area contributed by atoms with Gasteiger partial charge in [-0.15, -0.1) is 0 Å². The Morgan fingerprint density at radius 2 is 0.963 bits per heavy atom. The molecule has 1 N–H and O–H groups in total. The van der Waals surface area contributed by atoms with Crippen LogP contribution in [0.4, 0.5) is 0 Å². The molecule has 0 aromatic heterocycles. The van der Waals surface area contributed by atoms with Gasteiger partial charge in [0.25, 0.3) is 0 Å². The predicted octanol–water partition coefficient (Wildman–Crippen LogP) is 8.52. The van der Waals surface area contributed by atoms with Crippen molar-refractivity contribution in [3.8, 4) is 16.9 Å². The molecule has 0 bridgehead atoms. The lowest BCUT2D eigenvalue weighted by molar-refractivity contribution is 0.477. The molecule has 0 saturated heterocycles. The Hall–Kier alpha value is -1.50. The first-order valence-electron chi connectivity index (χ1n) is 11.5. The molecule has 0 unspecified atom stereocenters. The van der Waals surface area contributed by atoms with Crippen molar-refractivity contribution < 1.29 is 5.11 Å². The summed E-state index contributed by atoms with van der Waals surface area (Å²) in [5.41, 5.74) is 3.66. The van der Waals surface area contributed by atoms with Crippen molar-refractivity contribution in [1.29, 1.82) is 0 Å². The normalized spacial score (nSPS) is 11.3. The molecule has 0 saturated carbocycles. The number of hydrogen-bond acceptors (Lipinski definition) is 1. The Bertz CT molecular complexity index is 555. The summed E-state index contributed by atoms with van der Waals surface area (Å²) < 4.78 is 0. The van der Waals surface area contributed by atoms with E-state index in [9.17, 15) is 5.11 Å². The molecule has 2 aliphatic rings. The van der Waals surface area contributed by atoms with E-state index in [0.717, 1.165) is 11.1 Å². The SMILES string of the molecule is CCCCCCCCCCCCCCCCc1ccc2cc(O)cc-2cc1. The lowest BCUT2D eigenvalue weighted by atomic mass is 10.0. The molecule has 0 aromatic carbocycles. The molecule has 27 heavy (non-hydrogen) atoms. The molecule has 2 rings (SSSR count). The predicted molar refractivity (Wildman–Crippen MR) is 119 cm³/mol. The first-order valence-corrected chi connectivity index (χ1v) is 11.5. The number of hydrogen-bond donors (Lipinski definition) is 1. The van der Waals surface area contributed by atoms with Gasteiger partial charge < -0.3 is 5.11 Å². The van der Waals surface area contributed by atoms with Crippen LogP contribution < -0.4 is 0 Å². The van der Waals surface area contributed by atoms with E-state index in [1.165, 1.54) is 102 Å². The highest BCUT2D eigenvalue weighted by Gasteiger charge is 2.04. The molecule has 1 heteroatoms. The lowest BCUT2D eigenvalue weighted by Gasteiger charge is -2.03. The summed E-state index contributed by atoms with van der Waals surface area (Å²) in [5, 5.41) is 9.55. The van der Waals surface area contributed by atoms with Crippen LogP contribution in [-0.4, -0.2) is 5.11 Å². The van der Waals surface area contributed by atoms with Gasteiger partial charge in [0.15, 0.2) is 0 Å². The van der Waals surface area contributed by atoms with Crippen LogP contribution in [0.1, 0.15) is 102 Å². The molecular weight excluding hydrogens is 328 g/mol. The first-order chi connectivity index (χ1) is 13.3. The summed E-state index contributed by atoms with van der Waals surface area (Å²) in [5.74, 6) is 0.365. The van der Waals surface area contributed by atoms with E-state index in [4.69, 9.17) is 0 Å². The molecule has 0 fully saturated rings. The average molecular weight is 369 g/mol. The molecule has 0 atom stereocenters. The van der Waals surface area contributed by atoms with Crippen LogP contribution in [0.5, 0.6) is 5.75 Å². The van der Waals surface area contributed by atoms with Crippen molar-refractivity contribution in [3.05, 3.63) is 42.0 Å². The van der Waals surface area contributed by atoms with Crippen LogP contribution in [0, 0.1) is 0 Å². The fraction of sp³-hybridized carbons (Fsp3) is 0.615. The Labute approximate surface area is 167 Å². The van der Waals surface area contributed by atoms with E-state index in [1.54, 1.807) is 0 Å². The summed E-state index contributed by atoms with van der Waals surface area (Å²) in [7, 11) is 0. The Balaban J connectivity index is 1.43. The molecular formula is C26H40O. The van der Waals surface area contributed by atoms with Gasteiger partial charge in [0, 0.05) is 0 Å². The minimum absolute atomic E-state index is 0.365. The Morgan fingerprint density at radius 3 is 1.41 bits per heavy atom. The monoisotopic (exact) mass is 368 g/mol. The lowest BCUT2D eigenvalue weighted by Crippen LogP contribution is -1.85. The zero-order valence-corrected chi connectivity index (χ0v) is 17.5. The minimum atomic E-state index is 0.365. The molecule has 0 aliphatic heterocycles. The maximum atomic E-state index is 9.55. The van der Waals surface area contributed by atoms with Gasteiger partial charge in [0.1, 0.15) is 5.75 Å². The van der Waals surface area contributed by atoms with Crippen LogP contribution in [-0.2, 0) is 6.42 Å². The first kappa shape index (κ1) is 21.8. The highest BCUT2D eigenvalue weighted by molar-refractivity contribution is 5.69. The third kappa shape index (κ3) is 9.31. The van der Waals surface area contributed by atoms with Gasteiger partial charge in [0.05, 0.1) is 0 Å². The maximum absolute atomic E-state index is 9.55. The second kappa shape index (κ2) is 13.6. The molecule has 2 aliphatic carbocycles. The van der Waals surface area contributed by atoms with E-state index in [0.29, 0.717) is 5.75 Å². The van der Waals surface area contributed by atoms with E-state index in [1.807, 2.05) is 12.1 Å². The molecule has 0 heterocycles. The van der Waals surface area contributed by atoms with Crippen molar-refractivity contribution >= 4 is 0 Å². The second-order valence-corrected chi connectivity index (χ2v) is 8.21. The van der Waals surface area contributed by atoms with E-state index < -0.39 is 0 Å². The summed E-state index contributed by atoms with van der Waals surface area (Å²) in [6.45, 7) is 2.29. The molecule has 0 aromatic rings. The number of fused-ring (bicyclic) bond motifs is 1. The maximum Gasteiger partial charge on any atom is 0.116 e. The van der Waals surface area contributed by atoms with Crippen LogP contribution >= 0.6 is 0 Å². The van der Waals surface area contributed by atoms with Gasteiger partial charge in [-0.2, -0.15) is 0 Å². The average Bonchev–Trinajstić information content (AvgIpc) is 2.92. The van der Waals surface area contributed by atoms with Crippen LogP contribution in [0.2, 0.25) is 0 Å². The van der Waals surface area contributed by atoms with Gasteiger partial charge in [-0.05, 0) is 41.7 Å². The van der Waals surface area contributed by atoms with Gasteiger partial charge in [-0.1, -0.05) is 115 Å². The number of aromatic hydroxyl groups is 1. The molecule has 1 nitrogen and oxygen atoms in total. The van der Waals surface area contributed by atoms with Crippen molar-refractivity contribution in [2.24, 2.45) is 0 Å². The topological polar surface area (TPSA) is 20.2 Å². The zero-order chi connectivity index (χ0) is 19.2. The Kier molecular flexibility index (Phi) is 11.0. The number of unbranched alkanes of at least 4 members (excludes halogenated alkanes) is 13. The van der Waals surface area contributed by atoms with Crippen LogP contribution in [0.15, 0.2) is 36.4 Å². The van der Waals surface area contributed by atoms with E-state index in [-0.39, 0.29) is 0 Å². The van der Waals surface area contributed by atoms with Gasteiger partial charge in [-0.25, -0.2) is 0 Å². The smallest absolute Gasteiger partial charge is 0.116 e. The summed E-state index contributed by atoms with van der Waals surface area (Å²) >= 11 is 0. The van der Waals surface area contributed by atoms with E-state index in [2.05, 4.69) is 31.2 Å². The van der Waals surface area contributed by atoms with E-state index >= 15 is 0 Å². The highest BCUT2D eigenvalue weighted by Crippen LogP contribution is 2.29. The van der Waals surface area contributed by atoms with Gasteiger partial charge in [0.2, 0.25) is 0 Å². The number of aryl methyl sites for hydroxylation is 1. The molecule has 0 amide bonds. The largest absolute Gasteiger partial charge is 0.508 e. The summed E-state index contributed by atoms with van der Waals surface area (Å²) in [4.78, 5) is 0. The third-order valence-corrected chi connectivity index (χ3v) is 5.71. The molecule has 150 valence electrons. The second-order valence-electron chi connectivity index (χ2n) is 8.21. The third-order valence-electron chi connectivity index (χ3n) is 5.71. The zero-order valence-electron chi connectivity index (χ0n) is 17.5. The van der Waals surface area contributed by atoms with Gasteiger partial charge in [-0.3, -0.25) is 0 Å². The fourth-order valence-corrected chi connectivity index (χ4v) is 3.96. The minimum Gasteiger partial charge on any atom is -0.508 e. The van der Waals surface area contributed by atoms with Crippen LogP contribution in [0.25, 0.3) is 11.1 Å². The Morgan fingerprint density at radius 1 is 0.556 bits per heavy atom. The van der Waals surface area contributed by atoms with Crippen molar-refractivity contribution in [1.82, 2.24) is 0 Å². The highest BCUT2D eigenvalue weighted by atomic mass is 16.3. The standard InChI is InChI=1S/C26H40O/c1-2-3-4-5-6-7-8-9-10-11-12-13-14-15-16-23-17-19-24-21-26(27)22-25(24)20-18-23/h17-22,27H,2-16H2,1H3. The summed E-state index contributed by atoms with van der Waals surface area (Å²) in [6.07, 6.45) is 20.9.